The van der Waals surface area contributed by atoms with Gasteiger partial charge in [-0.3, -0.25) is 4.79 Å². The Morgan fingerprint density at radius 2 is 2.00 bits per heavy atom. The van der Waals surface area contributed by atoms with Crippen LogP contribution in [0.3, 0.4) is 0 Å². The van der Waals surface area contributed by atoms with Gasteiger partial charge in [-0.2, -0.15) is 4.98 Å². The maximum atomic E-state index is 14.5. The Morgan fingerprint density at radius 3 is 2.71 bits per heavy atom. The molecule has 8 nitrogen and oxygen atoms in total. The minimum Gasteiger partial charge on any atom is -0.497 e. The SMILES string of the molecule is COc1ccc(-c2c[nH]c(=O)c(Nc3ccnc(N4C[C@@H](C)O[C@@H](C)C4)n3)c2)c(F)c1. The van der Waals surface area contributed by atoms with Crippen LogP contribution in [0.15, 0.2) is 47.5 Å². The lowest BCUT2D eigenvalue weighted by Crippen LogP contribution is -2.46. The Morgan fingerprint density at radius 1 is 1.23 bits per heavy atom. The minimum atomic E-state index is -0.447. The summed E-state index contributed by atoms with van der Waals surface area (Å²) in [5.41, 5.74) is 0.777. The first-order chi connectivity index (χ1) is 14.9. The smallest absolute Gasteiger partial charge is 0.271 e. The van der Waals surface area contributed by atoms with Crippen LogP contribution in [-0.4, -0.2) is 47.4 Å². The van der Waals surface area contributed by atoms with E-state index in [4.69, 9.17) is 9.47 Å². The molecule has 31 heavy (non-hydrogen) atoms. The van der Waals surface area contributed by atoms with E-state index in [2.05, 4.69) is 25.2 Å². The van der Waals surface area contributed by atoms with Crippen LogP contribution in [-0.2, 0) is 4.74 Å². The molecule has 2 aromatic heterocycles. The van der Waals surface area contributed by atoms with E-state index in [0.717, 1.165) is 0 Å². The quantitative estimate of drug-likeness (QED) is 0.648. The third-order valence-electron chi connectivity index (χ3n) is 5.00. The summed E-state index contributed by atoms with van der Waals surface area (Å²) in [6.07, 6.45) is 3.25. The molecule has 0 unspecified atom stereocenters. The summed E-state index contributed by atoms with van der Waals surface area (Å²) in [6.45, 7) is 5.38. The maximum Gasteiger partial charge on any atom is 0.271 e. The average molecular weight is 425 g/mol. The molecule has 1 saturated heterocycles. The van der Waals surface area contributed by atoms with Crippen molar-refractivity contribution in [1.29, 1.82) is 0 Å². The largest absolute Gasteiger partial charge is 0.497 e. The average Bonchev–Trinajstić information content (AvgIpc) is 2.75. The molecule has 0 spiro atoms. The second-order valence-electron chi connectivity index (χ2n) is 7.51. The zero-order chi connectivity index (χ0) is 22.0. The Bertz CT molecular complexity index is 1130. The number of benzene rings is 1. The predicted octanol–water partition coefficient (Wildman–Crippen LogP) is 3.34. The number of methoxy groups -OCH3 is 1. The number of aromatic amines is 1. The van der Waals surface area contributed by atoms with Gasteiger partial charge in [0.15, 0.2) is 0 Å². The van der Waals surface area contributed by atoms with E-state index in [-0.39, 0.29) is 23.5 Å². The first-order valence-electron chi connectivity index (χ1n) is 10.00. The number of hydrogen-bond acceptors (Lipinski definition) is 7. The molecule has 3 aromatic rings. The molecule has 1 aliphatic heterocycles. The van der Waals surface area contributed by atoms with Gasteiger partial charge in [-0.05, 0) is 38.1 Å². The van der Waals surface area contributed by atoms with Crippen LogP contribution in [0.25, 0.3) is 11.1 Å². The van der Waals surface area contributed by atoms with Crippen LogP contribution in [0.2, 0.25) is 0 Å². The van der Waals surface area contributed by atoms with Gasteiger partial charge in [0.1, 0.15) is 23.1 Å². The molecule has 1 fully saturated rings. The number of hydrogen-bond donors (Lipinski definition) is 2. The van der Waals surface area contributed by atoms with Gasteiger partial charge in [0, 0.05) is 42.7 Å². The summed E-state index contributed by atoms with van der Waals surface area (Å²) in [4.78, 5) is 26.0. The standard InChI is InChI=1S/C22H24FN5O3/c1-13-11-28(12-14(2)31-13)22-24-7-6-20(27-22)26-19-8-15(10-25-21(19)29)17-5-4-16(30-3)9-18(17)23/h4-10,13-14H,11-12H2,1-3H3,(H,25,29)(H,24,26,27)/t13-,14+. The fourth-order valence-corrected chi connectivity index (χ4v) is 3.64. The molecule has 1 aliphatic rings. The van der Waals surface area contributed by atoms with E-state index in [0.29, 0.717) is 41.7 Å². The highest BCUT2D eigenvalue weighted by Gasteiger charge is 2.24. The van der Waals surface area contributed by atoms with Crippen LogP contribution < -0.4 is 20.5 Å². The van der Waals surface area contributed by atoms with Crippen LogP contribution in [0.5, 0.6) is 5.75 Å². The van der Waals surface area contributed by atoms with Crippen molar-refractivity contribution in [3.63, 3.8) is 0 Å². The van der Waals surface area contributed by atoms with Crippen molar-refractivity contribution < 1.29 is 13.9 Å². The van der Waals surface area contributed by atoms with E-state index >= 15 is 0 Å². The van der Waals surface area contributed by atoms with Gasteiger partial charge < -0.3 is 24.7 Å². The van der Waals surface area contributed by atoms with Gasteiger partial charge in [-0.1, -0.05) is 0 Å². The molecule has 2 atom stereocenters. The molecule has 2 N–H and O–H groups in total. The highest BCUT2D eigenvalue weighted by Crippen LogP contribution is 2.27. The second-order valence-corrected chi connectivity index (χ2v) is 7.51. The van der Waals surface area contributed by atoms with Crippen molar-refractivity contribution in [2.75, 3.05) is 30.4 Å². The first kappa shape index (κ1) is 20.8. The Labute approximate surface area is 179 Å². The molecule has 162 valence electrons. The molecule has 0 amide bonds. The van der Waals surface area contributed by atoms with E-state index in [1.807, 2.05) is 13.8 Å². The summed E-state index contributed by atoms with van der Waals surface area (Å²) >= 11 is 0. The predicted molar refractivity (Wildman–Crippen MR) is 117 cm³/mol. The van der Waals surface area contributed by atoms with Crippen LogP contribution in [0, 0.1) is 5.82 Å². The van der Waals surface area contributed by atoms with Crippen LogP contribution >= 0.6 is 0 Å². The van der Waals surface area contributed by atoms with Crippen molar-refractivity contribution in [2.45, 2.75) is 26.1 Å². The fraction of sp³-hybridized carbons (Fsp3) is 0.318. The zero-order valence-electron chi connectivity index (χ0n) is 17.6. The van der Waals surface area contributed by atoms with Gasteiger partial charge in [0.25, 0.3) is 5.56 Å². The minimum absolute atomic E-state index is 0.0721. The lowest BCUT2D eigenvalue weighted by atomic mass is 10.1. The Balaban J connectivity index is 1.60. The highest BCUT2D eigenvalue weighted by molar-refractivity contribution is 5.69. The van der Waals surface area contributed by atoms with Crippen molar-refractivity contribution in [3.05, 3.63) is 58.9 Å². The fourth-order valence-electron chi connectivity index (χ4n) is 3.64. The number of nitrogens with one attached hydrogen (secondary N) is 2. The number of anilines is 3. The third-order valence-corrected chi connectivity index (χ3v) is 5.00. The molecule has 0 saturated carbocycles. The van der Waals surface area contributed by atoms with Crippen molar-refractivity contribution >= 4 is 17.5 Å². The van der Waals surface area contributed by atoms with Gasteiger partial charge in [-0.15, -0.1) is 0 Å². The lowest BCUT2D eigenvalue weighted by Gasteiger charge is -2.35. The number of morpholine rings is 1. The van der Waals surface area contributed by atoms with Crippen molar-refractivity contribution in [2.24, 2.45) is 0 Å². The molecule has 1 aromatic carbocycles. The molecule has 0 aliphatic carbocycles. The van der Waals surface area contributed by atoms with Gasteiger partial charge in [-0.25, -0.2) is 9.37 Å². The summed E-state index contributed by atoms with van der Waals surface area (Å²) in [5, 5.41) is 3.03. The molecular weight excluding hydrogens is 401 g/mol. The molecular formula is C22H24FN5O3. The number of rotatable bonds is 5. The van der Waals surface area contributed by atoms with Crippen LogP contribution in [0.1, 0.15) is 13.8 Å². The Hall–Kier alpha value is -3.46. The Kier molecular flexibility index (Phi) is 5.85. The summed E-state index contributed by atoms with van der Waals surface area (Å²) < 4.78 is 25.3. The topological polar surface area (TPSA) is 92.4 Å². The maximum absolute atomic E-state index is 14.5. The number of aromatic nitrogens is 3. The second kappa shape index (κ2) is 8.73. The summed E-state index contributed by atoms with van der Waals surface area (Å²) in [6, 6.07) is 7.84. The van der Waals surface area contributed by atoms with Gasteiger partial charge in [0.05, 0.1) is 19.3 Å². The first-order valence-corrected chi connectivity index (χ1v) is 10.00. The number of ether oxygens (including phenoxy) is 2. The summed E-state index contributed by atoms with van der Waals surface area (Å²) in [5.74, 6) is 0.997. The van der Waals surface area contributed by atoms with Crippen molar-refractivity contribution in [1.82, 2.24) is 15.0 Å². The zero-order valence-corrected chi connectivity index (χ0v) is 17.6. The third kappa shape index (κ3) is 4.66. The van der Waals surface area contributed by atoms with E-state index in [1.54, 1.807) is 30.5 Å². The van der Waals surface area contributed by atoms with E-state index in [1.165, 1.54) is 19.4 Å². The number of halogens is 1. The van der Waals surface area contributed by atoms with E-state index in [9.17, 15) is 9.18 Å². The number of pyridine rings is 1. The highest BCUT2D eigenvalue weighted by atomic mass is 19.1. The monoisotopic (exact) mass is 425 g/mol. The molecule has 0 bridgehead atoms. The molecule has 3 heterocycles. The molecule has 0 radical (unpaired) electrons. The number of nitrogens with zero attached hydrogens (tertiary/aromatic N) is 3. The van der Waals surface area contributed by atoms with Gasteiger partial charge >= 0.3 is 0 Å². The normalized spacial score (nSPS) is 18.6. The summed E-state index contributed by atoms with van der Waals surface area (Å²) in [7, 11) is 1.48. The molecule has 9 heteroatoms. The lowest BCUT2D eigenvalue weighted by molar-refractivity contribution is -0.00571. The van der Waals surface area contributed by atoms with Crippen LogP contribution in [0.4, 0.5) is 21.8 Å². The molecule has 4 rings (SSSR count). The van der Waals surface area contributed by atoms with Crippen molar-refractivity contribution in [3.8, 4) is 16.9 Å². The van der Waals surface area contributed by atoms with E-state index < -0.39 is 5.82 Å². The van der Waals surface area contributed by atoms with Gasteiger partial charge in [0.2, 0.25) is 5.95 Å². The number of H-pyrrole nitrogens is 1.